The average molecular weight is 366 g/mol. The molecule has 0 saturated carbocycles. The molecule has 6 nitrogen and oxygen atoms in total. The van der Waals surface area contributed by atoms with E-state index in [1.807, 2.05) is 29.9 Å². The topological polar surface area (TPSA) is 71.0 Å². The largest absolute Gasteiger partial charge is 0.327 e. The molecule has 0 radical (unpaired) electrons. The van der Waals surface area contributed by atoms with Crippen LogP contribution in [0, 0.1) is 6.92 Å². The van der Waals surface area contributed by atoms with Crippen LogP contribution in [0.25, 0.3) is 10.6 Å². The second kappa shape index (κ2) is 7.16. The molecule has 3 aromatic heterocycles. The molecule has 0 saturated heterocycles. The lowest BCUT2D eigenvalue weighted by molar-refractivity contribution is 0.223. The Labute approximate surface area is 145 Å². The number of nitrogens with zero attached hydrogens (tertiary/aromatic N) is 4. The summed E-state index contributed by atoms with van der Waals surface area (Å²) in [5, 5.41) is 17.3. The Bertz CT molecular complexity index is 780. The van der Waals surface area contributed by atoms with E-state index < -0.39 is 0 Å². The van der Waals surface area contributed by atoms with Crippen LogP contribution in [0.5, 0.6) is 0 Å². The number of carbonyl (C=O) groups excluding carboxylic acids is 1. The summed E-state index contributed by atoms with van der Waals surface area (Å²) >= 11 is 4.64. The van der Waals surface area contributed by atoms with Crippen LogP contribution in [-0.2, 0) is 6.42 Å². The van der Waals surface area contributed by atoms with Gasteiger partial charge in [0.1, 0.15) is 5.01 Å². The maximum atomic E-state index is 12.2. The molecule has 0 bridgehead atoms. The Morgan fingerprint density at radius 3 is 2.91 bits per heavy atom. The number of aryl methyl sites for hydroxylation is 1. The first-order chi connectivity index (χ1) is 11.1. The fourth-order valence-corrected chi connectivity index (χ4v) is 4.07. The van der Waals surface area contributed by atoms with Crippen LogP contribution < -0.4 is 5.32 Å². The molecule has 0 fully saturated rings. The standard InChI is InChI=1S/C14H15N5OS3/c1-9-7-15-11(22-9)3-5-19(2)14(20)16-13-18-17-12(23-13)10-4-6-21-8-10/h4,6-8H,3,5H2,1-2H3,(H,16,18,20). The lowest BCUT2D eigenvalue weighted by atomic mass is 10.4. The number of nitrogens with one attached hydrogen (secondary N) is 1. The van der Waals surface area contributed by atoms with Crippen molar-refractivity contribution in [3.8, 4) is 10.6 Å². The van der Waals surface area contributed by atoms with E-state index in [4.69, 9.17) is 0 Å². The van der Waals surface area contributed by atoms with Gasteiger partial charge in [0.15, 0.2) is 0 Å². The van der Waals surface area contributed by atoms with Crippen LogP contribution in [0.2, 0.25) is 0 Å². The zero-order valence-corrected chi connectivity index (χ0v) is 15.1. The van der Waals surface area contributed by atoms with Crippen LogP contribution in [0.15, 0.2) is 23.0 Å². The number of aromatic nitrogens is 3. The van der Waals surface area contributed by atoms with Gasteiger partial charge in [-0.05, 0) is 18.4 Å². The molecule has 2 amide bonds. The number of anilines is 1. The molecule has 0 atom stereocenters. The zero-order valence-electron chi connectivity index (χ0n) is 12.6. The predicted molar refractivity (Wildman–Crippen MR) is 95.4 cm³/mol. The highest BCUT2D eigenvalue weighted by Crippen LogP contribution is 2.27. The van der Waals surface area contributed by atoms with Gasteiger partial charge in [-0.1, -0.05) is 11.3 Å². The van der Waals surface area contributed by atoms with Crippen LogP contribution in [0.3, 0.4) is 0 Å². The molecule has 1 N–H and O–H groups in total. The highest BCUT2D eigenvalue weighted by molar-refractivity contribution is 7.19. The Balaban J connectivity index is 1.54. The molecule has 0 spiro atoms. The van der Waals surface area contributed by atoms with E-state index in [1.165, 1.54) is 16.2 Å². The van der Waals surface area contributed by atoms with Gasteiger partial charge in [0.2, 0.25) is 5.13 Å². The van der Waals surface area contributed by atoms with Crippen molar-refractivity contribution in [1.29, 1.82) is 0 Å². The molecule has 120 valence electrons. The first-order valence-electron chi connectivity index (χ1n) is 6.91. The van der Waals surface area contributed by atoms with E-state index in [9.17, 15) is 4.79 Å². The fourth-order valence-electron chi connectivity index (χ4n) is 1.85. The van der Waals surface area contributed by atoms with Gasteiger partial charge in [0, 0.05) is 42.0 Å². The van der Waals surface area contributed by atoms with E-state index in [0.717, 1.165) is 22.0 Å². The van der Waals surface area contributed by atoms with Crippen molar-refractivity contribution in [1.82, 2.24) is 20.1 Å². The van der Waals surface area contributed by atoms with E-state index in [-0.39, 0.29) is 6.03 Å². The highest BCUT2D eigenvalue weighted by Gasteiger charge is 2.13. The van der Waals surface area contributed by atoms with Gasteiger partial charge in [-0.15, -0.1) is 21.5 Å². The highest BCUT2D eigenvalue weighted by atomic mass is 32.1. The van der Waals surface area contributed by atoms with Gasteiger partial charge >= 0.3 is 6.03 Å². The van der Waals surface area contributed by atoms with Gasteiger partial charge in [0.25, 0.3) is 0 Å². The molecule has 0 aliphatic carbocycles. The molecule has 0 aliphatic rings. The van der Waals surface area contributed by atoms with Crippen molar-refractivity contribution in [2.24, 2.45) is 0 Å². The van der Waals surface area contributed by atoms with Gasteiger partial charge in [-0.25, -0.2) is 9.78 Å². The molecule has 0 unspecified atom stereocenters. The number of likely N-dealkylation sites (N-methyl/N-ethyl adjacent to an activating group) is 1. The molecule has 3 heterocycles. The third-order valence-electron chi connectivity index (χ3n) is 3.08. The van der Waals surface area contributed by atoms with Crippen molar-refractivity contribution < 1.29 is 4.79 Å². The summed E-state index contributed by atoms with van der Waals surface area (Å²) in [5.41, 5.74) is 1.03. The first kappa shape index (κ1) is 16.0. The van der Waals surface area contributed by atoms with Crippen molar-refractivity contribution in [3.05, 3.63) is 32.9 Å². The number of urea groups is 1. The smallest absolute Gasteiger partial charge is 0.323 e. The number of thiazole rings is 1. The summed E-state index contributed by atoms with van der Waals surface area (Å²) in [6.45, 7) is 2.63. The molecular weight excluding hydrogens is 350 g/mol. The van der Waals surface area contributed by atoms with Gasteiger partial charge < -0.3 is 4.90 Å². The minimum atomic E-state index is -0.189. The third kappa shape index (κ3) is 4.12. The molecule has 9 heteroatoms. The second-order valence-electron chi connectivity index (χ2n) is 4.89. The Morgan fingerprint density at radius 1 is 1.35 bits per heavy atom. The van der Waals surface area contributed by atoms with Crippen molar-refractivity contribution in [3.63, 3.8) is 0 Å². The second-order valence-corrected chi connectivity index (χ2v) is 7.97. The number of rotatable bonds is 5. The summed E-state index contributed by atoms with van der Waals surface area (Å²) in [6, 6.07) is 1.80. The number of hydrogen-bond acceptors (Lipinski definition) is 7. The summed E-state index contributed by atoms with van der Waals surface area (Å²) in [7, 11) is 1.76. The molecule has 0 aliphatic heterocycles. The van der Waals surface area contributed by atoms with Crippen LogP contribution in [0.4, 0.5) is 9.93 Å². The summed E-state index contributed by atoms with van der Waals surface area (Å²) in [5.74, 6) is 0. The summed E-state index contributed by atoms with van der Waals surface area (Å²) in [6.07, 6.45) is 2.60. The van der Waals surface area contributed by atoms with Gasteiger partial charge in [0.05, 0.1) is 5.01 Å². The number of carbonyl (C=O) groups is 1. The van der Waals surface area contributed by atoms with Crippen molar-refractivity contribution >= 4 is 45.2 Å². The fraction of sp³-hybridized carbons (Fsp3) is 0.286. The Kier molecular flexibility index (Phi) is 4.99. The van der Waals surface area contributed by atoms with E-state index >= 15 is 0 Å². The van der Waals surface area contributed by atoms with Crippen LogP contribution in [0.1, 0.15) is 9.88 Å². The maximum absolute atomic E-state index is 12.2. The number of amides is 2. The Morgan fingerprint density at radius 2 is 2.22 bits per heavy atom. The minimum absolute atomic E-state index is 0.189. The quantitative estimate of drug-likeness (QED) is 0.748. The predicted octanol–water partition coefficient (Wildman–Crippen LogP) is 3.74. The maximum Gasteiger partial charge on any atom is 0.323 e. The SMILES string of the molecule is Cc1cnc(CCN(C)C(=O)Nc2nnc(-c3ccsc3)s2)s1. The zero-order chi connectivity index (χ0) is 16.2. The molecule has 0 aromatic carbocycles. The van der Waals surface area contributed by atoms with E-state index in [0.29, 0.717) is 11.7 Å². The number of thiophene rings is 1. The van der Waals surface area contributed by atoms with Gasteiger partial charge in [-0.2, -0.15) is 11.3 Å². The van der Waals surface area contributed by atoms with E-state index in [1.54, 1.807) is 34.6 Å². The van der Waals surface area contributed by atoms with Crippen LogP contribution >= 0.6 is 34.0 Å². The van der Waals surface area contributed by atoms with Crippen molar-refractivity contribution in [2.75, 3.05) is 18.9 Å². The van der Waals surface area contributed by atoms with Gasteiger partial charge in [-0.3, -0.25) is 5.32 Å². The summed E-state index contributed by atoms with van der Waals surface area (Å²) in [4.78, 5) is 19.3. The molecular formula is C14H15N5OS3. The minimum Gasteiger partial charge on any atom is -0.327 e. The lowest BCUT2D eigenvalue weighted by Gasteiger charge is -2.15. The Hall–Kier alpha value is -1.84. The number of hydrogen-bond donors (Lipinski definition) is 1. The van der Waals surface area contributed by atoms with Crippen LogP contribution in [-0.4, -0.2) is 39.7 Å². The molecule has 3 rings (SSSR count). The summed E-state index contributed by atoms with van der Waals surface area (Å²) < 4.78 is 0. The third-order valence-corrected chi connectivity index (χ3v) is 5.63. The van der Waals surface area contributed by atoms with Crippen molar-refractivity contribution in [2.45, 2.75) is 13.3 Å². The first-order valence-corrected chi connectivity index (χ1v) is 9.49. The average Bonchev–Trinajstić information content (AvgIpc) is 3.25. The van der Waals surface area contributed by atoms with E-state index in [2.05, 4.69) is 20.5 Å². The monoisotopic (exact) mass is 365 g/mol. The molecule has 23 heavy (non-hydrogen) atoms. The molecule has 3 aromatic rings. The lowest BCUT2D eigenvalue weighted by Crippen LogP contribution is -2.32. The normalized spacial score (nSPS) is 10.7.